The number of hydrogen-bond acceptors (Lipinski definition) is 7. The standard InChI is InChI=1S/C17H17N5O3S/c1-12-19-16(18-11-13-6-3-2-4-7-13)22-17(20-12)21-14-8-5-9-15(10-14)26(23,24)25/h2-10H,11H2,1H3,(H,23,24,25)(H2,18,19,20,21,22). The average molecular weight is 371 g/mol. The third kappa shape index (κ3) is 4.74. The Morgan fingerprint density at radius 2 is 1.69 bits per heavy atom. The van der Waals surface area contributed by atoms with E-state index in [1.165, 1.54) is 18.2 Å². The Kier molecular flexibility index (Phi) is 5.10. The summed E-state index contributed by atoms with van der Waals surface area (Å²) in [5.74, 6) is 1.17. The van der Waals surface area contributed by atoms with Gasteiger partial charge in [0.1, 0.15) is 5.82 Å². The predicted octanol–water partition coefficient (Wildman–Crippen LogP) is 2.78. The van der Waals surface area contributed by atoms with E-state index in [0.717, 1.165) is 5.56 Å². The van der Waals surface area contributed by atoms with Gasteiger partial charge in [0.2, 0.25) is 11.9 Å². The number of aromatic nitrogens is 3. The van der Waals surface area contributed by atoms with Crippen molar-refractivity contribution in [2.75, 3.05) is 10.6 Å². The number of aryl methyl sites for hydroxylation is 1. The van der Waals surface area contributed by atoms with E-state index in [1.807, 2.05) is 30.3 Å². The highest BCUT2D eigenvalue weighted by Crippen LogP contribution is 2.18. The van der Waals surface area contributed by atoms with Gasteiger partial charge in [-0.1, -0.05) is 36.4 Å². The molecule has 3 N–H and O–H groups in total. The van der Waals surface area contributed by atoms with Gasteiger partial charge in [-0.3, -0.25) is 4.55 Å². The molecule has 0 fully saturated rings. The van der Waals surface area contributed by atoms with Gasteiger partial charge < -0.3 is 10.6 Å². The zero-order valence-corrected chi connectivity index (χ0v) is 14.7. The van der Waals surface area contributed by atoms with Crippen LogP contribution in [-0.2, 0) is 16.7 Å². The van der Waals surface area contributed by atoms with Gasteiger partial charge in [0.15, 0.2) is 0 Å². The van der Waals surface area contributed by atoms with Crippen LogP contribution in [0.2, 0.25) is 0 Å². The first-order chi connectivity index (χ1) is 12.4. The molecule has 0 saturated carbocycles. The minimum absolute atomic E-state index is 0.212. The summed E-state index contributed by atoms with van der Waals surface area (Å²) < 4.78 is 31.6. The van der Waals surface area contributed by atoms with E-state index in [-0.39, 0.29) is 10.8 Å². The number of nitrogens with one attached hydrogen (secondary N) is 2. The minimum atomic E-state index is -4.28. The van der Waals surface area contributed by atoms with Gasteiger partial charge in [-0.2, -0.15) is 23.4 Å². The van der Waals surface area contributed by atoms with Crippen LogP contribution >= 0.6 is 0 Å². The lowest BCUT2D eigenvalue weighted by molar-refractivity contribution is 0.483. The van der Waals surface area contributed by atoms with Crippen LogP contribution in [0, 0.1) is 6.92 Å². The fourth-order valence-corrected chi connectivity index (χ4v) is 2.78. The molecule has 1 heterocycles. The number of hydrogen-bond donors (Lipinski definition) is 3. The molecular weight excluding hydrogens is 354 g/mol. The van der Waals surface area contributed by atoms with E-state index < -0.39 is 10.1 Å². The van der Waals surface area contributed by atoms with Gasteiger partial charge >= 0.3 is 0 Å². The van der Waals surface area contributed by atoms with Crippen LogP contribution in [0.25, 0.3) is 0 Å². The molecule has 0 atom stereocenters. The highest BCUT2D eigenvalue weighted by molar-refractivity contribution is 7.85. The lowest BCUT2D eigenvalue weighted by atomic mass is 10.2. The van der Waals surface area contributed by atoms with Crippen molar-refractivity contribution < 1.29 is 13.0 Å². The van der Waals surface area contributed by atoms with Crippen LogP contribution < -0.4 is 10.6 Å². The van der Waals surface area contributed by atoms with Crippen LogP contribution in [-0.4, -0.2) is 27.9 Å². The smallest absolute Gasteiger partial charge is 0.294 e. The van der Waals surface area contributed by atoms with Crippen molar-refractivity contribution in [3.05, 3.63) is 66.0 Å². The van der Waals surface area contributed by atoms with Gasteiger partial charge in [0.05, 0.1) is 4.90 Å². The van der Waals surface area contributed by atoms with Crippen molar-refractivity contribution in [3.8, 4) is 0 Å². The highest BCUT2D eigenvalue weighted by Gasteiger charge is 2.11. The van der Waals surface area contributed by atoms with E-state index in [4.69, 9.17) is 4.55 Å². The Morgan fingerprint density at radius 1 is 0.962 bits per heavy atom. The Balaban J connectivity index is 1.77. The largest absolute Gasteiger partial charge is 0.350 e. The van der Waals surface area contributed by atoms with Crippen LogP contribution in [0.3, 0.4) is 0 Å². The maximum atomic E-state index is 11.2. The summed E-state index contributed by atoms with van der Waals surface area (Å²) in [6.45, 7) is 2.29. The zero-order chi connectivity index (χ0) is 18.6. The van der Waals surface area contributed by atoms with Crippen LogP contribution in [0.5, 0.6) is 0 Å². The summed E-state index contributed by atoms with van der Waals surface area (Å²) in [5.41, 5.74) is 1.51. The van der Waals surface area contributed by atoms with Crippen molar-refractivity contribution in [1.29, 1.82) is 0 Å². The first-order valence-electron chi connectivity index (χ1n) is 7.75. The third-order valence-electron chi connectivity index (χ3n) is 3.43. The van der Waals surface area contributed by atoms with E-state index >= 15 is 0 Å². The number of benzene rings is 2. The molecule has 0 spiro atoms. The molecule has 8 nitrogen and oxygen atoms in total. The van der Waals surface area contributed by atoms with E-state index in [2.05, 4.69) is 25.6 Å². The number of anilines is 3. The fraction of sp³-hybridized carbons (Fsp3) is 0.118. The first-order valence-corrected chi connectivity index (χ1v) is 9.19. The molecule has 9 heteroatoms. The average Bonchev–Trinajstić information content (AvgIpc) is 2.60. The molecular formula is C17H17N5O3S. The summed E-state index contributed by atoms with van der Waals surface area (Å²) in [6, 6.07) is 15.6. The van der Waals surface area contributed by atoms with Crippen LogP contribution in [0.1, 0.15) is 11.4 Å². The molecule has 0 amide bonds. The van der Waals surface area contributed by atoms with Crippen molar-refractivity contribution in [1.82, 2.24) is 15.0 Å². The summed E-state index contributed by atoms with van der Waals surface area (Å²) in [4.78, 5) is 12.5. The number of nitrogens with zero attached hydrogens (tertiary/aromatic N) is 3. The second-order valence-corrected chi connectivity index (χ2v) is 6.92. The predicted molar refractivity (Wildman–Crippen MR) is 97.9 cm³/mol. The molecule has 0 aliphatic rings. The Hall–Kier alpha value is -3.04. The lowest BCUT2D eigenvalue weighted by Crippen LogP contribution is -2.08. The SMILES string of the molecule is Cc1nc(NCc2ccccc2)nc(Nc2cccc(S(=O)(=O)O)c2)n1. The molecule has 3 aromatic rings. The van der Waals surface area contributed by atoms with E-state index in [1.54, 1.807) is 13.0 Å². The summed E-state index contributed by atoms with van der Waals surface area (Å²) in [6.07, 6.45) is 0. The Morgan fingerprint density at radius 3 is 2.42 bits per heavy atom. The molecule has 0 unspecified atom stereocenters. The molecule has 1 aromatic heterocycles. The summed E-state index contributed by atoms with van der Waals surface area (Å²) >= 11 is 0. The molecule has 0 aliphatic carbocycles. The monoisotopic (exact) mass is 371 g/mol. The maximum absolute atomic E-state index is 11.2. The third-order valence-corrected chi connectivity index (χ3v) is 4.28. The van der Waals surface area contributed by atoms with Crippen molar-refractivity contribution in [3.63, 3.8) is 0 Å². The Bertz CT molecular complexity index is 1010. The molecule has 2 aromatic carbocycles. The molecule has 0 aliphatic heterocycles. The molecule has 0 saturated heterocycles. The molecule has 0 radical (unpaired) electrons. The minimum Gasteiger partial charge on any atom is -0.350 e. The molecule has 0 bridgehead atoms. The van der Waals surface area contributed by atoms with Crippen LogP contribution in [0.4, 0.5) is 17.6 Å². The second kappa shape index (κ2) is 7.46. The Labute approximate surface area is 151 Å². The zero-order valence-electron chi connectivity index (χ0n) is 13.9. The number of rotatable bonds is 6. The fourth-order valence-electron chi connectivity index (χ4n) is 2.26. The van der Waals surface area contributed by atoms with Crippen molar-refractivity contribution >= 4 is 27.7 Å². The molecule has 134 valence electrons. The lowest BCUT2D eigenvalue weighted by Gasteiger charge is -2.09. The topological polar surface area (TPSA) is 117 Å². The second-order valence-electron chi connectivity index (χ2n) is 5.50. The molecule has 3 rings (SSSR count). The van der Waals surface area contributed by atoms with Crippen molar-refractivity contribution in [2.24, 2.45) is 0 Å². The quantitative estimate of drug-likeness (QED) is 0.566. The van der Waals surface area contributed by atoms with Gasteiger partial charge in [-0.15, -0.1) is 0 Å². The maximum Gasteiger partial charge on any atom is 0.294 e. The van der Waals surface area contributed by atoms with Gasteiger partial charge in [-0.05, 0) is 30.7 Å². The molecule has 26 heavy (non-hydrogen) atoms. The van der Waals surface area contributed by atoms with Crippen molar-refractivity contribution in [2.45, 2.75) is 18.4 Å². The van der Waals surface area contributed by atoms with E-state index in [0.29, 0.717) is 24.0 Å². The summed E-state index contributed by atoms with van der Waals surface area (Å²) in [5, 5.41) is 6.04. The van der Waals surface area contributed by atoms with Gasteiger partial charge in [0.25, 0.3) is 10.1 Å². The first kappa shape index (κ1) is 17.8. The highest BCUT2D eigenvalue weighted by atomic mass is 32.2. The summed E-state index contributed by atoms with van der Waals surface area (Å²) in [7, 11) is -4.28. The van der Waals surface area contributed by atoms with Crippen LogP contribution in [0.15, 0.2) is 59.5 Å². The normalized spacial score (nSPS) is 11.2. The van der Waals surface area contributed by atoms with Gasteiger partial charge in [-0.25, -0.2) is 0 Å². The van der Waals surface area contributed by atoms with Gasteiger partial charge in [0, 0.05) is 12.2 Å². The van der Waals surface area contributed by atoms with E-state index in [9.17, 15) is 8.42 Å².